The minimum atomic E-state index is 1.00. The standard InChI is InChI=1S/2C12H9N2.2C3H7.Si.Zr/c2*1-3-10-4-2-6-12(11(10)5-1)14-8-7-13-9-14;2*1-3-2;;/h2*1-9H;2*1,3H2,2H3;;/q4*-1;;. The molecule has 4 nitrogen and oxygen atoms in total. The second-order valence-electron chi connectivity index (χ2n) is 7.55. The monoisotopic (exact) mass is 566 g/mol. The normalized spacial score (nSPS) is 9.53. The molecular formula is C30H32N4SiZr-4. The van der Waals surface area contributed by atoms with Gasteiger partial charge in [-0.2, -0.15) is 37.1 Å². The largest absolute Gasteiger partial charge is 0.315 e. The van der Waals surface area contributed by atoms with Gasteiger partial charge in [-0.25, -0.2) is 9.97 Å². The van der Waals surface area contributed by atoms with E-state index in [0.717, 1.165) is 12.8 Å². The van der Waals surface area contributed by atoms with E-state index >= 15 is 0 Å². The zero-order valence-electron chi connectivity index (χ0n) is 21.0. The molecule has 6 rings (SSSR count). The van der Waals surface area contributed by atoms with E-state index in [4.69, 9.17) is 0 Å². The van der Waals surface area contributed by atoms with Crippen LogP contribution in [0.4, 0.5) is 0 Å². The number of nitrogens with zero attached hydrogens (tertiary/aromatic N) is 4. The molecule has 0 aliphatic heterocycles. The fraction of sp³-hybridized carbons (Fsp3) is 0.133. The zero-order valence-corrected chi connectivity index (χ0v) is 24.5. The molecule has 0 bridgehead atoms. The van der Waals surface area contributed by atoms with Gasteiger partial charge in [0, 0.05) is 36.2 Å². The topological polar surface area (TPSA) is 35.6 Å². The Hall–Kier alpha value is -2.82. The third-order valence-corrected chi connectivity index (χ3v) is 4.88. The molecule has 2 heterocycles. The maximum absolute atomic E-state index is 4.05. The molecule has 0 amide bonds. The van der Waals surface area contributed by atoms with Crippen molar-refractivity contribution in [1.29, 1.82) is 0 Å². The molecule has 0 saturated heterocycles. The number of aromatic nitrogens is 4. The van der Waals surface area contributed by atoms with Gasteiger partial charge in [-0.15, -0.1) is 57.9 Å². The molecule has 2 aromatic heterocycles. The fourth-order valence-electron chi connectivity index (χ4n) is 3.54. The number of hydrogen-bond acceptors (Lipinski definition) is 2. The number of fused-ring (bicyclic) bond motifs is 2. The summed E-state index contributed by atoms with van der Waals surface area (Å²) in [6, 6.07) is 25.2. The molecular weight excluding hydrogens is 536 g/mol. The Labute approximate surface area is 231 Å². The van der Waals surface area contributed by atoms with Crippen LogP contribution < -0.4 is 0 Å². The summed E-state index contributed by atoms with van der Waals surface area (Å²) in [5.41, 5.74) is 2.37. The molecule has 0 spiro atoms. The Balaban J connectivity index is 0.000000198. The second kappa shape index (κ2) is 16.8. The van der Waals surface area contributed by atoms with Crippen molar-refractivity contribution in [2.24, 2.45) is 0 Å². The van der Waals surface area contributed by atoms with Gasteiger partial charge in [0.2, 0.25) is 0 Å². The van der Waals surface area contributed by atoms with Crippen molar-refractivity contribution in [1.82, 2.24) is 19.1 Å². The van der Waals surface area contributed by atoms with Gasteiger partial charge >= 0.3 is 30.2 Å². The first-order valence-electron chi connectivity index (χ1n) is 11.8. The average Bonchev–Trinajstić information content (AvgIpc) is 3.73. The van der Waals surface area contributed by atoms with Crippen LogP contribution in [0.2, 0.25) is 0 Å². The van der Waals surface area contributed by atoms with Crippen LogP contribution in [-0.4, -0.2) is 26.0 Å². The van der Waals surface area contributed by atoms with Gasteiger partial charge in [0.25, 0.3) is 0 Å². The van der Waals surface area contributed by atoms with Crippen molar-refractivity contribution in [2.45, 2.75) is 26.7 Å². The van der Waals surface area contributed by atoms with Crippen LogP contribution >= 0.6 is 0 Å². The first-order chi connectivity index (χ1) is 17.7. The van der Waals surface area contributed by atoms with E-state index in [-0.39, 0.29) is 0 Å². The summed E-state index contributed by atoms with van der Waals surface area (Å²) in [6.07, 6.45) is 13.1. The van der Waals surface area contributed by atoms with Crippen LogP contribution in [0, 0.1) is 13.8 Å². The fourth-order valence-corrected chi connectivity index (χ4v) is 3.54. The van der Waals surface area contributed by atoms with E-state index < -0.39 is 0 Å². The van der Waals surface area contributed by atoms with E-state index in [2.05, 4.69) is 103 Å². The summed E-state index contributed by atoms with van der Waals surface area (Å²) in [7, 11) is 0. The summed E-state index contributed by atoms with van der Waals surface area (Å²) < 4.78 is 4.06. The molecule has 36 heavy (non-hydrogen) atoms. The van der Waals surface area contributed by atoms with Crippen molar-refractivity contribution in [2.75, 3.05) is 0 Å². The van der Waals surface area contributed by atoms with Crippen LogP contribution in [0.25, 0.3) is 32.9 Å². The van der Waals surface area contributed by atoms with Crippen molar-refractivity contribution in [3.8, 4) is 11.4 Å². The second-order valence-corrected chi connectivity index (χ2v) is 7.55. The van der Waals surface area contributed by atoms with E-state index in [1.54, 1.807) is 12.4 Å². The van der Waals surface area contributed by atoms with E-state index in [0.29, 0.717) is 0 Å². The molecule has 0 atom stereocenters. The van der Waals surface area contributed by atoms with Gasteiger partial charge in [0.15, 0.2) is 0 Å². The summed E-state index contributed by atoms with van der Waals surface area (Å²) in [5.74, 6) is 0. The summed E-state index contributed by atoms with van der Waals surface area (Å²) in [4.78, 5) is 8.11. The van der Waals surface area contributed by atoms with Gasteiger partial charge in [-0.3, -0.25) is 0 Å². The Morgan fingerprint density at radius 1 is 0.722 bits per heavy atom. The van der Waals surface area contributed by atoms with Gasteiger partial charge in [0.05, 0.1) is 12.7 Å². The van der Waals surface area contributed by atoms with E-state index in [9.17, 15) is 0 Å². The predicted octanol–water partition coefficient (Wildman–Crippen LogP) is 7.57. The number of imidazole rings is 2. The van der Waals surface area contributed by atoms with Crippen LogP contribution in [0.1, 0.15) is 26.7 Å². The summed E-state index contributed by atoms with van der Waals surface area (Å²) in [6.45, 7) is 14.1. The molecule has 0 saturated carbocycles. The van der Waals surface area contributed by atoms with Crippen LogP contribution in [0.3, 0.4) is 0 Å². The Bertz CT molecular complexity index is 1260. The minimum absolute atomic E-state index is 1.00. The van der Waals surface area contributed by atoms with Crippen LogP contribution in [-0.2, 0) is 23.3 Å². The molecule has 0 aliphatic carbocycles. The number of hydrogen-bond donors (Lipinski definition) is 0. The zero-order chi connectivity index (χ0) is 26.2. The van der Waals surface area contributed by atoms with Gasteiger partial charge in [-0.1, -0.05) is 26.0 Å². The van der Waals surface area contributed by atoms with Gasteiger partial charge < -0.3 is 23.0 Å². The number of rotatable bonds is 2. The van der Waals surface area contributed by atoms with E-state index in [1.807, 2.05) is 48.0 Å². The Morgan fingerprint density at radius 2 is 1.11 bits per heavy atom. The molecule has 2 radical (unpaired) electrons. The predicted molar refractivity (Wildman–Crippen MR) is 150 cm³/mol. The minimum Gasteiger partial charge on any atom is -0.315 e. The first-order valence-corrected chi connectivity index (χ1v) is 16.0. The van der Waals surface area contributed by atoms with Crippen molar-refractivity contribution < 1.29 is 23.3 Å². The maximum atomic E-state index is 4.05. The van der Waals surface area contributed by atoms with Gasteiger partial charge in [-0.05, 0) is 0 Å². The average molecular weight is 568 g/mol. The number of benzene rings is 2. The maximum Gasteiger partial charge on any atom is 0.0984 e. The SMILES string of the molecule is [CH2-]CC.[CH2-]CC.[Si]=[Zr].c1cc(-n2ccnc2)c2cc[cH-]c2c1.c1cc(-n2ccnc2)c2cc[cH-]c2c1. The molecule has 0 N–H and O–H groups in total. The van der Waals surface area contributed by atoms with Gasteiger partial charge in [0.1, 0.15) is 0 Å². The van der Waals surface area contributed by atoms with Crippen LogP contribution in [0.5, 0.6) is 0 Å². The molecule has 0 fully saturated rings. The Morgan fingerprint density at radius 3 is 1.44 bits per heavy atom. The van der Waals surface area contributed by atoms with Crippen LogP contribution in [0.15, 0.2) is 110 Å². The molecule has 4 aromatic carbocycles. The third-order valence-electron chi connectivity index (χ3n) is 4.88. The quantitative estimate of drug-likeness (QED) is 0.160. The molecule has 0 aliphatic rings. The first kappa shape index (κ1) is 29.4. The van der Waals surface area contributed by atoms with Crippen molar-refractivity contribution >= 4 is 28.4 Å². The third kappa shape index (κ3) is 8.11. The molecule has 0 unspecified atom stereocenters. The smallest absolute Gasteiger partial charge is 0.0984 e. The van der Waals surface area contributed by atoms with E-state index in [1.165, 1.54) is 56.3 Å². The van der Waals surface area contributed by atoms with Crippen molar-refractivity contribution in [3.05, 3.63) is 124 Å². The molecule has 184 valence electrons. The summed E-state index contributed by atoms with van der Waals surface area (Å²) >= 11 is 1.36. The van der Waals surface area contributed by atoms with Crippen molar-refractivity contribution in [3.63, 3.8) is 0 Å². The molecule has 6 heteroatoms. The summed E-state index contributed by atoms with van der Waals surface area (Å²) in [5, 5.41) is 5.09. The molecule has 6 aromatic rings. The Kier molecular flexibility index (Phi) is 13.7.